The van der Waals surface area contributed by atoms with Crippen LogP contribution in [0.3, 0.4) is 0 Å². The zero-order valence-corrected chi connectivity index (χ0v) is 8.79. The number of nitrogens with two attached hydrogens (primary N) is 2. The lowest BCUT2D eigenvalue weighted by Crippen LogP contribution is -2.22. The van der Waals surface area contributed by atoms with Gasteiger partial charge in [-0.1, -0.05) is 11.6 Å². The first kappa shape index (κ1) is 11.5. The molecule has 0 heterocycles. The van der Waals surface area contributed by atoms with E-state index in [2.05, 4.69) is 10.2 Å². The summed E-state index contributed by atoms with van der Waals surface area (Å²) >= 11 is 5.81. The van der Waals surface area contributed by atoms with E-state index in [-0.39, 0.29) is 11.0 Å². The molecule has 15 heavy (non-hydrogen) atoms. The van der Waals surface area contributed by atoms with E-state index in [4.69, 9.17) is 23.1 Å². The van der Waals surface area contributed by atoms with E-state index in [1.807, 2.05) is 0 Å². The Morgan fingerprint density at radius 1 is 1.33 bits per heavy atom. The SMILES string of the molecule is C/C(=N/N=C(N)N)c1ccc(F)cc1Cl. The van der Waals surface area contributed by atoms with Gasteiger partial charge in [0.25, 0.3) is 0 Å². The maximum atomic E-state index is 12.7. The zero-order valence-electron chi connectivity index (χ0n) is 8.04. The fourth-order valence-electron chi connectivity index (χ4n) is 0.969. The molecule has 0 unspecified atom stereocenters. The molecule has 0 saturated carbocycles. The molecule has 0 atom stereocenters. The molecule has 0 aromatic heterocycles. The van der Waals surface area contributed by atoms with Crippen molar-refractivity contribution >= 4 is 23.3 Å². The highest BCUT2D eigenvalue weighted by molar-refractivity contribution is 6.34. The lowest BCUT2D eigenvalue weighted by molar-refractivity contribution is 0.628. The van der Waals surface area contributed by atoms with Crippen molar-refractivity contribution in [2.24, 2.45) is 21.7 Å². The van der Waals surface area contributed by atoms with Crippen LogP contribution in [0, 0.1) is 5.82 Å². The van der Waals surface area contributed by atoms with E-state index in [0.717, 1.165) is 0 Å². The summed E-state index contributed by atoms with van der Waals surface area (Å²) in [7, 11) is 0. The van der Waals surface area contributed by atoms with E-state index in [0.29, 0.717) is 11.3 Å². The molecule has 6 heteroatoms. The summed E-state index contributed by atoms with van der Waals surface area (Å²) in [5.41, 5.74) is 11.3. The monoisotopic (exact) mass is 228 g/mol. The van der Waals surface area contributed by atoms with Crippen LogP contribution < -0.4 is 11.5 Å². The van der Waals surface area contributed by atoms with Crippen LogP contribution in [0.15, 0.2) is 28.4 Å². The number of nitrogens with zero attached hydrogens (tertiary/aromatic N) is 2. The van der Waals surface area contributed by atoms with Crippen LogP contribution >= 0.6 is 11.6 Å². The Kier molecular flexibility index (Phi) is 3.62. The Balaban J connectivity index is 3.06. The van der Waals surface area contributed by atoms with Crippen LogP contribution in [-0.2, 0) is 0 Å². The lowest BCUT2D eigenvalue weighted by Gasteiger charge is -2.01. The molecule has 1 rings (SSSR count). The van der Waals surface area contributed by atoms with E-state index >= 15 is 0 Å². The normalized spacial score (nSPS) is 11.3. The van der Waals surface area contributed by atoms with E-state index < -0.39 is 5.82 Å². The molecule has 0 amide bonds. The highest BCUT2D eigenvalue weighted by Crippen LogP contribution is 2.18. The van der Waals surface area contributed by atoms with Gasteiger partial charge in [0.15, 0.2) is 0 Å². The van der Waals surface area contributed by atoms with Crippen molar-refractivity contribution < 1.29 is 4.39 Å². The predicted molar refractivity (Wildman–Crippen MR) is 59.4 cm³/mol. The third kappa shape index (κ3) is 3.21. The fourth-order valence-corrected chi connectivity index (χ4v) is 1.27. The van der Waals surface area contributed by atoms with Crippen molar-refractivity contribution in [3.05, 3.63) is 34.6 Å². The van der Waals surface area contributed by atoms with Gasteiger partial charge in [-0.2, -0.15) is 5.10 Å². The van der Waals surface area contributed by atoms with Crippen molar-refractivity contribution in [3.63, 3.8) is 0 Å². The van der Waals surface area contributed by atoms with Crippen LogP contribution in [-0.4, -0.2) is 11.7 Å². The van der Waals surface area contributed by atoms with Gasteiger partial charge in [0.1, 0.15) is 5.82 Å². The van der Waals surface area contributed by atoms with Gasteiger partial charge in [0.2, 0.25) is 5.96 Å². The average Bonchev–Trinajstić information content (AvgIpc) is 2.14. The zero-order chi connectivity index (χ0) is 11.4. The van der Waals surface area contributed by atoms with Crippen molar-refractivity contribution in [2.45, 2.75) is 6.92 Å². The Hall–Kier alpha value is -1.62. The molecular formula is C9H10ClFN4. The summed E-state index contributed by atoms with van der Waals surface area (Å²) in [5.74, 6) is -0.550. The molecule has 0 aliphatic heterocycles. The van der Waals surface area contributed by atoms with Crippen LogP contribution in [0.1, 0.15) is 12.5 Å². The molecule has 1 aromatic rings. The van der Waals surface area contributed by atoms with Gasteiger partial charge < -0.3 is 11.5 Å². The second-order valence-electron chi connectivity index (χ2n) is 2.83. The quantitative estimate of drug-likeness (QED) is 0.457. The summed E-state index contributed by atoms with van der Waals surface area (Å²) < 4.78 is 12.7. The third-order valence-corrected chi connectivity index (χ3v) is 1.95. The van der Waals surface area contributed by atoms with Gasteiger partial charge >= 0.3 is 0 Å². The number of guanidine groups is 1. The number of rotatable bonds is 2. The fraction of sp³-hybridized carbons (Fsp3) is 0.111. The first-order valence-electron chi connectivity index (χ1n) is 4.09. The largest absolute Gasteiger partial charge is 0.369 e. The summed E-state index contributed by atoms with van der Waals surface area (Å²) in [5, 5.41) is 7.47. The van der Waals surface area contributed by atoms with Gasteiger partial charge in [-0.3, -0.25) is 0 Å². The van der Waals surface area contributed by atoms with Gasteiger partial charge in [-0.05, 0) is 25.1 Å². The molecule has 0 bridgehead atoms. The van der Waals surface area contributed by atoms with Crippen LogP contribution in [0.2, 0.25) is 5.02 Å². The third-order valence-electron chi connectivity index (χ3n) is 1.64. The van der Waals surface area contributed by atoms with Crippen LogP contribution in [0.4, 0.5) is 4.39 Å². The number of hydrogen-bond acceptors (Lipinski definition) is 2. The Morgan fingerprint density at radius 3 is 2.53 bits per heavy atom. The minimum absolute atomic E-state index is 0.146. The molecular weight excluding hydrogens is 219 g/mol. The molecule has 0 aliphatic carbocycles. The summed E-state index contributed by atoms with van der Waals surface area (Å²) in [4.78, 5) is 0. The molecule has 0 radical (unpaired) electrons. The maximum absolute atomic E-state index is 12.7. The molecule has 0 fully saturated rings. The number of hydrogen-bond donors (Lipinski definition) is 2. The molecule has 0 saturated heterocycles. The molecule has 4 N–H and O–H groups in total. The Labute approximate surface area is 91.4 Å². The van der Waals surface area contributed by atoms with E-state index in [1.165, 1.54) is 18.2 Å². The van der Waals surface area contributed by atoms with Crippen LogP contribution in [0.25, 0.3) is 0 Å². The topological polar surface area (TPSA) is 76.8 Å². The van der Waals surface area contributed by atoms with Crippen molar-refractivity contribution in [2.75, 3.05) is 0 Å². The predicted octanol–water partition coefficient (Wildman–Crippen LogP) is 1.48. The highest BCUT2D eigenvalue weighted by atomic mass is 35.5. The Morgan fingerprint density at radius 2 is 2.00 bits per heavy atom. The number of halogens is 2. The molecule has 0 aliphatic rings. The second-order valence-corrected chi connectivity index (χ2v) is 3.24. The Bertz CT molecular complexity index is 424. The minimum Gasteiger partial charge on any atom is -0.369 e. The molecule has 1 aromatic carbocycles. The van der Waals surface area contributed by atoms with Gasteiger partial charge in [0.05, 0.1) is 10.7 Å². The van der Waals surface area contributed by atoms with E-state index in [1.54, 1.807) is 6.92 Å². The van der Waals surface area contributed by atoms with Gasteiger partial charge in [-0.15, -0.1) is 5.10 Å². The summed E-state index contributed by atoms with van der Waals surface area (Å²) in [6.45, 7) is 1.67. The average molecular weight is 229 g/mol. The first-order chi connectivity index (χ1) is 7.00. The van der Waals surface area contributed by atoms with Crippen molar-refractivity contribution in [3.8, 4) is 0 Å². The minimum atomic E-state index is -0.404. The number of benzene rings is 1. The van der Waals surface area contributed by atoms with Crippen molar-refractivity contribution in [1.29, 1.82) is 0 Å². The van der Waals surface area contributed by atoms with Crippen molar-refractivity contribution in [1.82, 2.24) is 0 Å². The van der Waals surface area contributed by atoms with Gasteiger partial charge in [0, 0.05) is 5.56 Å². The first-order valence-corrected chi connectivity index (χ1v) is 4.47. The molecule has 80 valence electrons. The molecule has 0 spiro atoms. The smallest absolute Gasteiger partial charge is 0.211 e. The lowest BCUT2D eigenvalue weighted by atomic mass is 10.1. The molecule has 4 nitrogen and oxygen atoms in total. The van der Waals surface area contributed by atoms with Crippen LogP contribution in [0.5, 0.6) is 0 Å². The van der Waals surface area contributed by atoms with Gasteiger partial charge in [-0.25, -0.2) is 4.39 Å². The maximum Gasteiger partial charge on any atom is 0.211 e. The highest BCUT2D eigenvalue weighted by Gasteiger charge is 2.04. The second kappa shape index (κ2) is 4.75. The standard InChI is InChI=1S/C9H10ClFN4/c1-5(14-15-9(12)13)7-3-2-6(11)4-8(7)10/h2-4H,1H3,(H4,12,13,15)/b14-5-. The van der Waals surface area contributed by atoms with E-state index in [9.17, 15) is 4.39 Å². The summed E-state index contributed by atoms with van der Waals surface area (Å²) in [6.07, 6.45) is 0. The summed E-state index contributed by atoms with van der Waals surface area (Å²) in [6, 6.07) is 4.00.